The third kappa shape index (κ3) is 4.81. The molecule has 0 spiro atoms. The summed E-state index contributed by atoms with van der Waals surface area (Å²) < 4.78 is 0. The normalized spacial score (nSPS) is 9.71. The maximum atomic E-state index is 11.7. The van der Waals surface area contributed by atoms with E-state index in [0.717, 1.165) is 11.1 Å². The maximum absolute atomic E-state index is 11.7. The molecule has 2 rings (SSSR count). The van der Waals surface area contributed by atoms with Crippen molar-refractivity contribution in [3.63, 3.8) is 0 Å². The molecule has 106 valence electrons. The first-order valence-corrected chi connectivity index (χ1v) is 6.80. The molecule has 0 atom stereocenters. The molecule has 2 aromatic rings. The second kappa shape index (κ2) is 7.31. The number of thiocarbonyl (C=S) groups is 1. The number of hydrogen-bond donors (Lipinski definition) is 2. The van der Waals surface area contributed by atoms with Crippen molar-refractivity contribution in [3.05, 3.63) is 71.8 Å². The van der Waals surface area contributed by atoms with E-state index in [1.807, 2.05) is 48.5 Å². The standard InChI is InChI=1S/C16H14N2O2S/c19-14(11-12-7-3-1-4-8-12)17-16(20)18-15(21)13-9-5-2-6-10-13/h1-10H,11H2,(H2,17,18,19,20,21). The van der Waals surface area contributed by atoms with Gasteiger partial charge in [-0.2, -0.15) is 0 Å². The molecule has 4 nitrogen and oxygen atoms in total. The lowest BCUT2D eigenvalue weighted by molar-refractivity contribution is -0.119. The summed E-state index contributed by atoms with van der Waals surface area (Å²) in [5.41, 5.74) is 1.56. The summed E-state index contributed by atoms with van der Waals surface area (Å²) in [6.45, 7) is 0. The van der Waals surface area contributed by atoms with Crippen LogP contribution in [0.25, 0.3) is 0 Å². The number of amides is 3. The topological polar surface area (TPSA) is 58.2 Å². The Balaban J connectivity index is 1.84. The smallest absolute Gasteiger partial charge is 0.298 e. The van der Waals surface area contributed by atoms with Gasteiger partial charge in [0.1, 0.15) is 4.99 Å². The first-order chi connectivity index (χ1) is 10.1. The lowest BCUT2D eigenvalue weighted by atomic mass is 10.1. The number of imide groups is 1. The predicted octanol–water partition coefficient (Wildman–Crippen LogP) is 2.43. The van der Waals surface area contributed by atoms with Crippen LogP contribution in [-0.2, 0) is 11.2 Å². The monoisotopic (exact) mass is 298 g/mol. The van der Waals surface area contributed by atoms with Crippen molar-refractivity contribution >= 4 is 29.1 Å². The molecule has 0 heterocycles. The molecular formula is C16H14N2O2S. The minimum atomic E-state index is -0.621. The van der Waals surface area contributed by atoms with Gasteiger partial charge in [0.2, 0.25) is 5.91 Å². The number of nitrogens with one attached hydrogen (secondary N) is 2. The van der Waals surface area contributed by atoms with Gasteiger partial charge in [-0.1, -0.05) is 72.9 Å². The first-order valence-electron chi connectivity index (χ1n) is 6.39. The minimum absolute atomic E-state index is 0.145. The van der Waals surface area contributed by atoms with E-state index in [-0.39, 0.29) is 17.3 Å². The highest BCUT2D eigenvalue weighted by Gasteiger charge is 2.10. The van der Waals surface area contributed by atoms with Gasteiger partial charge in [-0.3, -0.25) is 15.4 Å². The van der Waals surface area contributed by atoms with E-state index in [1.54, 1.807) is 12.1 Å². The number of carbonyl (C=O) groups is 2. The summed E-state index contributed by atoms with van der Waals surface area (Å²) in [6, 6.07) is 17.7. The van der Waals surface area contributed by atoms with Crippen LogP contribution < -0.4 is 10.6 Å². The molecule has 0 saturated heterocycles. The van der Waals surface area contributed by atoms with Gasteiger partial charge in [-0.15, -0.1) is 0 Å². The lowest BCUT2D eigenvalue weighted by Crippen LogP contribution is -2.42. The summed E-state index contributed by atoms with van der Waals surface area (Å²) in [5.74, 6) is -0.380. The molecule has 0 aliphatic carbocycles. The highest BCUT2D eigenvalue weighted by Crippen LogP contribution is 2.00. The Morgan fingerprint density at radius 2 is 1.43 bits per heavy atom. The van der Waals surface area contributed by atoms with E-state index >= 15 is 0 Å². The van der Waals surface area contributed by atoms with Crippen LogP contribution in [-0.4, -0.2) is 16.9 Å². The predicted molar refractivity (Wildman–Crippen MR) is 85.0 cm³/mol. The lowest BCUT2D eigenvalue weighted by Gasteiger charge is -2.08. The largest absolute Gasteiger partial charge is 0.326 e. The molecule has 5 heteroatoms. The second-order valence-corrected chi connectivity index (χ2v) is 4.77. The Morgan fingerprint density at radius 1 is 0.857 bits per heavy atom. The van der Waals surface area contributed by atoms with E-state index in [0.29, 0.717) is 0 Å². The molecule has 0 aliphatic heterocycles. The molecule has 3 amide bonds. The van der Waals surface area contributed by atoms with Crippen molar-refractivity contribution < 1.29 is 9.59 Å². The van der Waals surface area contributed by atoms with Crippen LogP contribution in [0.4, 0.5) is 4.79 Å². The fourth-order valence-electron chi connectivity index (χ4n) is 1.75. The zero-order chi connectivity index (χ0) is 15.1. The molecule has 0 unspecified atom stereocenters. The number of rotatable bonds is 3. The third-order valence-electron chi connectivity index (χ3n) is 2.72. The van der Waals surface area contributed by atoms with Gasteiger partial charge in [-0.05, 0) is 5.56 Å². The van der Waals surface area contributed by atoms with Crippen LogP contribution in [0.15, 0.2) is 60.7 Å². The van der Waals surface area contributed by atoms with E-state index in [9.17, 15) is 9.59 Å². The molecule has 21 heavy (non-hydrogen) atoms. The summed E-state index contributed by atoms with van der Waals surface area (Å²) >= 11 is 5.10. The van der Waals surface area contributed by atoms with Crippen molar-refractivity contribution in [1.82, 2.24) is 10.6 Å². The number of hydrogen-bond acceptors (Lipinski definition) is 3. The highest BCUT2D eigenvalue weighted by atomic mass is 32.1. The van der Waals surface area contributed by atoms with Crippen LogP contribution in [0.3, 0.4) is 0 Å². The minimum Gasteiger partial charge on any atom is -0.298 e. The SMILES string of the molecule is O=C(Cc1ccccc1)NC(=O)NC(=S)c1ccccc1. The maximum Gasteiger partial charge on any atom is 0.326 e. The quantitative estimate of drug-likeness (QED) is 0.856. The summed E-state index contributed by atoms with van der Waals surface area (Å²) in [5, 5.41) is 4.73. The van der Waals surface area contributed by atoms with Gasteiger partial charge < -0.3 is 0 Å². The van der Waals surface area contributed by atoms with Crippen LogP contribution in [0.5, 0.6) is 0 Å². The Bertz CT molecular complexity index is 642. The number of benzene rings is 2. The van der Waals surface area contributed by atoms with Crippen LogP contribution in [0.1, 0.15) is 11.1 Å². The van der Waals surface area contributed by atoms with Crippen molar-refractivity contribution in [1.29, 1.82) is 0 Å². The fourth-order valence-corrected chi connectivity index (χ4v) is 1.98. The second-order valence-electron chi connectivity index (χ2n) is 4.36. The first kappa shape index (κ1) is 14.9. The number of carbonyl (C=O) groups excluding carboxylic acids is 2. The van der Waals surface area contributed by atoms with Crippen molar-refractivity contribution in [2.45, 2.75) is 6.42 Å². The van der Waals surface area contributed by atoms with Crippen molar-refractivity contribution in [3.8, 4) is 0 Å². The van der Waals surface area contributed by atoms with Crippen molar-refractivity contribution in [2.75, 3.05) is 0 Å². The number of urea groups is 1. The van der Waals surface area contributed by atoms with Gasteiger partial charge in [0, 0.05) is 5.56 Å². The summed E-state index contributed by atoms with van der Waals surface area (Å²) in [4.78, 5) is 23.7. The molecular weight excluding hydrogens is 284 g/mol. The van der Waals surface area contributed by atoms with E-state index < -0.39 is 6.03 Å². The molecule has 0 bridgehead atoms. The van der Waals surface area contributed by atoms with Gasteiger partial charge in [0.15, 0.2) is 0 Å². The van der Waals surface area contributed by atoms with E-state index in [2.05, 4.69) is 10.6 Å². The third-order valence-corrected chi connectivity index (χ3v) is 3.06. The molecule has 0 aromatic heterocycles. The van der Waals surface area contributed by atoms with Gasteiger partial charge >= 0.3 is 6.03 Å². The Morgan fingerprint density at radius 3 is 2.05 bits per heavy atom. The molecule has 0 aliphatic rings. The molecule has 2 N–H and O–H groups in total. The zero-order valence-electron chi connectivity index (χ0n) is 11.2. The molecule has 0 saturated carbocycles. The Hall–Kier alpha value is -2.53. The molecule has 0 radical (unpaired) electrons. The van der Waals surface area contributed by atoms with Crippen LogP contribution in [0.2, 0.25) is 0 Å². The van der Waals surface area contributed by atoms with E-state index in [1.165, 1.54) is 0 Å². The Labute approximate surface area is 128 Å². The summed E-state index contributed by atoms with van der Waals surface area (Å²) in [6.07, 6.45) is 0.145. The molecule has 2 aromatic carbocycles. The molecule has 0 fully saturated rings. The van der Waals surface area contributed by atoms with Gasteiger partial charge in [0.25, 0.3) is 0 Å². The van der Waals surface area contributed by atoms with Gasteiger partial charge in [0.05, 0.1) is 6.42 Å². The summed E-state index contributed by atoms with van der Waals surface area (Å²) in [7, 11) is 0. The Kier molecular flexibility index (Phi) is 5.17. The van der Waals surface area contributed by atoms with Crippen LogP contribution in [0, 0.1) is 0 Å². The van der Waals surface area contributed by atoms with Gasteiger partial charge in [-0.25, -0.2) is 4.79 Å². The van der Waals surface area contributed by atoms with Crippen molar-refractivity contribution in [2.24, 2.45) is 0 Å². The highest BCUT2D eigenvalue weighted by molar-refractivity contribution is 7.80. The van der Waals surface area contributed by atoms with E-state index in [4.69, 9.17) is 12.2 Å². The van der Waals surface area contributed by atoms with Crippen LogP contribution >= 0.6 is 12.2 Å². The zero-order valence-corrected chi connectivity index (χ0v) is 12.0. The average molecular weight is 298 g/mol. The average Bonchev–Trinajstić information content (AvgIpc) is 2.48. The fraction of sp³-hybridized carbons (Fsp3) is 0.0625.